The summed E-state index contributed by atoms with van der Waals surface area (Å²) in [6, 6.07) is 0.568. The van der Waals surface area contributed by atoms with Gasteiger partial charge in [-0.05, 0) is 18.5 Å². The first-order valence-electron chi connectivity index (χ1n) is 3.87. The third-order valence-corrected chi connectivity index (χ3v) is 2.13. The Morgan fingerprint density at radius 1 is 1.60 bits per heavy atom. The molecule has 2 aliphatic rings. The summed E-state index contributed by atoms with van der Waals surface area (Å²) in [5.74, 6) is 0. The maximum atomic E-state index is 4.23. The Balaban J connectivity index is 2.17. The normalized spacial score (nSPS) is 31.2. The number of nitrogens with zero attached hydrogens (tertiary/aromatic N) is 1. The highest BCUT2D eigenvalue weighted by Crippen LogP contribution is 2.13. The molecule has 0 amide bonds. The molecule has 1 N–H and O–H groups in total. The van der Waals surface area contributed by atoms with Crippen molar-refractivity contribution in [2.45, 2.75) is 18.9 Å². The zero-order valence-electron chi connectivity index (χ0n) is 6.01. The lowest BCUT2D eigenvalue weighted by atomic mass is 9.98. The summed E-state index contributed by atoms with van der Waals surface area (Å²) in [6.07, 6.45) is 6.64. The number of rotatable bonds is 0. The molecule has 2 rings (SSSR count). The average molecular weight is 136 g/mol. The van der Waals surface area contributed by atoms with Crippen molar-refractivity contribution in [2.24, 2.45) is 0 Å². The van der Waals surface area contributed by atoms with Gasteiger partial charge in [0.1, 0.15) is 0 Å². The van der Waals surface area contributed by atoms with Crippen molar-refractivity contribution in [1.82, 2.24) is 10.3 Å². The number of hydrogen-bond donors (Lipinski definition) is 1. The van der Waals surface area contributed by atoms with Crippen LogP contribution in [0.25, 0.3) is 0 Å². The molecule has 0 aromatic rings. The zero-order valence-corrected chi connectivity index (χ0v) is 6.01. The fourth-order valence-corrected chi connectivity index (χ4v) is 1.55. The molecule has 2 heterocycles. The van der Waals surface area contributed by atoms with Crippen molar-refractivity contribution < 1.29 is 0 Å². The molecule has 10 heavy (non-hydrogen) atoms. The van der Waals surface area contributed by atoms with Gasteiger partial charge >= 0.3 is 0 Å². The monoisotopic (exact) mass is 136 g/mol. The van der Waals surface area contributed by atoms with Crippen LogP contribution in [0.1, 0.15) is 12.8 Å². The van der Waals surface area contributed by atoms with E-state index in [-0.39, 0.29) is 0 Å². The first-order valence-corrected chi connectivity index (χ1v) is 3.87. The molecule has 0 aliphatic carbocycles. The topological polar surface area (TPSA) is 26.1 Å². The van der Waals surface area contributed by atoms with Gasteiger partial charge in [-0.2, -0.15) is 0 Å². The van der Waals surface area contributed by atoms with Crippen LogP contribution in [0.3, 0.4) is 0 Å². The summed E-state index contributed by atoms with van der Waals surface area (Å²) in [4.78, 5) is 4.23. The minimum Gasteiger partial charge on any atom is -0.304 e. The van der Waals surface area contributed by atoms with Gasteiger partial charge in [0.05, 0.1) is 12.5 Å². The van der Waals surface area contributed by atoms with Crippen LogP contribution in [0, 0.1) is 0 Å². The smallest absolute Gasteiger partial charge is 0.229 e. The highest BCUT2D eigenvalue weighted by molar-refractivity contribution is 5.62. The minimum atomic E-state index is 0.568. The summed E-state index contributed by atoms with van der Waals surface area (Å²) < 4.78 is 0. The van der Waals surface area contributed by atoms with Crippen LogP contribution in [0.4, 0.5) is 0 Å². The van der Waals surface area contributed by atoms with Crippen LogP contribution in [0.5, 0.6) is 0 Å². The van der Waals surface area contributed by atoms with Crippen molar-refractivity contribution in [1.29, 1.82) is 0 Å². The Hall–Kier alpha value is -0.630. The molecule has 2 aliphatic heterocycles. The van der Waals surface area contributed by atoms with Crippen LogP contribution >= 0.6 is 0 Å². The molecular weight excluding hydrogens is 124 g/mol. The minimum absolute atomic E-state index is 0.568. The lowest BCUT2D eigenvalue weighted by molar-refractivity contribution is 0.530. The number of hydrogen-bond acceptors (Lipinski definition) is 2. The average Bonchev–Trinajstić information content (AvgIpc) is 2.05. The van der Waals surface area contributed by atoms with Crippen molar-refractivity contribution in [3.05, 3.63) is 11.6 Å². The fraction of sp³-hybridized carbons (Fsp3) is 0.625. The molecular formula is C8H12N2+. The molecule has 1 radical (unpaired) electrons. The molecule has 0 spiro atoms. The van der Waals surface area contributed by atoms with E-state index >= 15 is 0 Å². The van der Waals surface area contributed by atoms with E-state index in [9.17, 15) is 0 Å². The summed E-state index contributed by atoms with van der Waals surface area (Å²) in [5.41, 5.74) is 1.54. The lowest BCUT2D eigenvalue weighted by Crippen LogP contribution is -2.41. The van der Waals surface area contributed by atoms with Crippen molar-refractivity contribution in [3.8, 4) is 0 Å². The standard InChI is InChI=1S/C8H12N2/c1-2-7-3-5-9-6-8(7)10-4-1/h2,5,8,10H,1,3-4,6H2/q+1. The Kier molecular flexibility index (Phi) is 1.55. The molecule has 0 aromatic carbocycles. The Morgan fingerprint density at radius 3 is 3.50 bits per heavy atom. The highest BCUT2D eigenvalue weighted by Gasteiger charge is 2.23. The zero-order chi connectivity index (χ0) is 6.81. The van der Waals surface area contributed by atoms with Gasteiger partial charge in [0, 0.05) is 4.99 Å². The van der Waals surface area contributed by atoms with Gasteiger partial charge < -0.3 is 5.32 Å². The summed E-state index contributed by atoms with van der Waals surface area (Å²) in [6.45, 7) is 2.08. The lowest BCUT2D eigenvalue weighted by Gasteiger charge is -2.21. The van der Waals surface area contributed by atoms with Crippen LogP contribution in [0.2, 0.25) is 0 Å². The number of aliphatic imine (C=N–C) groups is 1. The maximum Gasteiger partial charge on any atom is 0.229 e. The molecule has 1 atom stereocenters. The van der Waals surface area contributed by atoms with Crippen LogP contribution < -0.4 is 10.3 Å². The van der Waals surface area contributed by atoms with E-state index in [0.29, 0.717) is 6.04 Å². The predicted octanol–water partition coefficient (Wildman–Crippen LogP) is 0.0850. The summed E-state index contributed by atoms with van der Waals surface area (Å²) in [5, 5.41) is 3.44. The molecule has 0 bridgehead atoms. The van der Waals surface area contributed by atoms with Crippen LogP contribution in [-0.4, -0.2) is 25.3 Å². The van der Waals surface area contributed by atoms with Gasteiger partial charge in [0.2, 0.25) is 12.8 Å². The van der Waals surface area contributed by atoms with E-state index in [2.05, 4.69) is 16.4 Å². The van der Waals surface area contributed by atoms with E-state index in [0.717, 1.165) is 19.5 Å². The predicted molar refractivity (Wildman–Crippen MR) is 42.2 cm³/mol. The maximum absolute atomic E-state index is 4.23. The van der Waals surface area contributed by atoms with Crippen LogP contribution in [-0.2, 0) is 0 Å². The third-order valence-electron chi connectivity index (χ3n) is 2.13. The second-order valence-corrected chi connectivity index (χ2v) is 2.83. The van der Waals surface area contributed by atoms with Crippen molar-refractivity contribution >= 4 is 6.21 Å². The first kappa shape index (κ1) is 6.10. The number of fused-ring (bicyclic) bond motifs is 1. The molecule has 0 saturated carbocycles. The summed E-state index contributed by atoms with van der Waals surface area (Å²) >= 11 is 0. The number of nitrogens with one attached hydrogen (secondary N) is 1. The largest absolute Gasteiger partial charge is 0.304 e. The molecule has 1 unspecified atom stereocenters. The van der Waals surface area contributed by atoms with Gasteiger partial charge in [0.25, 0.3) is 0 Å². The highest BCUT2D eigenvalue weighted by atomic mass is 15.0. The van der Waals surface area contributed by atoms with E-state index in [1.54, 1.807) is 5.57 Å². The second kappa shape index (κ2) is 2.54. The molecule has 0 saturated heterocycles. The van der Waals surface area contributed by atoms with Gasteiger partial charge in [-0.3, -0.25) is 0 Å². The quantitative estimate of drug-likeness (QED) is 0.469. The third kappa shape index (κ3) is 0.991. The molecule has 53 valence electrons. The van der Waals surface area contributed by atoms with Crippen molar-refractivity contribution in [3.63, 3.8) is 0 Å². The van der Waals surface area contributed by atoms with Crippen LogP contribution in [0.15, 0.2) is 11.6 Å². The van der Waals surface area contributed by atoms with Gasteiger partial charge in [-0.25, -0.2) is 0 Å². The fourth-order valence-electron chi connectivity index (χ4n) is 1.55. The summed E-state index contributed by atoms with van der Waals surface area (Å²) in [7, 11) is 0. The second-order valence-electron chi connectivity index (χ2n) is 2.83. The van der Waals surface area contributed by atoms with E-state index < -0.39 is 0 Å². The van der Waals surface area contributed by atoms with Gasteiger partial charge in [0.15, 0.2) is 0 Å². The Labute approximate surface area is 61.0 Å². The molecule has 0 aromatic heterocycles. The molecule has 2 heteroatoms. The van der Waals surface area contributed by atoms with E-state index in [1.807, 2.05) is 6.21 Å². The molecule has 0 fully saturated rings. The van der Waals surface area contributed by atoms with E-state index in [4.69, 9.17) is 0 Å². The van der Waals surface area contributed by atoms with Gasteiger partial charge in [-0.15, -0.1) is 0 Å². The molecule has 2 nitrogen and oxygen atoms in total. The van der Waals surface area contributed by atoms with E-state index in [1.165, 1.54) is 6.42 Å². The van der Waals surface area contributed by atoms with Gasteiger partial charge in [-0.1, -0.05) is 6.08 Å². The van der Waals surface area contributed by atoms with Crippen molar-refractivity contribution in [2.75, 3.05) is 13.1 Å². The Bertz CT molecular complexity index is 182. The SMILES string of the molecule is C1=[N+]CC2NCCC=C2C1. The Morgan fingerprint density at radius 2 is 2.60 bits per heavy atom. The first-order chi connectivity index (χ1) is 4.97.